The van der Waals surface area contributed by atoms with Crippen LogP contribution in [0.3, 0.4) is 0 Å². The molecule has 0 aliphatic rings. The molecule has 1 heterocycles. The van der Waals surface area contributed by atoms with Crippen molar-refractivity contribution in [3.8, 4) is 28.6 Å². The van der Waals surface area contributed by atoms with Gasteiger partial charge in [-0.05, 0) is 56.3 Å². The number of hydrogen-bond acceptors (Lipinski definition) is 6. The lowest BCUT2D eigenvalue weighted by Crippen LogP contribution is -2.28. The molecule has 0 fully saturated rings. The van der Waals surface area contributed by atoms with E-state index in [4.69, 9.17) is 14.2 Å². The number of rotatable bonds is 10. The van der Waals surface area contributed by atoms with E-state index in [9.17, 15) is 4.79 Å². The summed E-state index contributed by atoms with van der Waals surface area (Å²) in [7, 11) is 0. The minimum absolute atomic E-state index is 0.209. The lowest BCUT2D eigenvalue weighted by Gasteiger charge is -2.11. The molecule has 156 valence electrons. The molecule has 1 amide bonds. The summed E-state index contributed by atoms with van der Waals surface area (Å²) in [6.45, 7) is 5.57. The molecule has 2 aromatic carbocycles. The molecule has 7 heteroatoms. The molecule has 0 radical (unpaired) electrons. The molecular formula is C23H25N3O4. The van der Waals surface area contributed by atoms with Crippen LogP contribution >= 0.6 is 0 Å². The fourth-order valence-electron chi connectivity index (χ4n) is 2.79. The van der Waals surface area contributed by atoms with Crippen molar-refractivity contribution in [3.63, 3.8) is 0 Å². The SMILES string of the molecule is CCOc1ccc(-c2ccc(OCCNC(=O)c3ccccc3OCC)nn2)cc1. The molecule has 0 aliphatic carbocycles. The third-order valence-corrected chi connectivity index (χ3v) is 4.17. The van der Waals surface area contributed by atoms with Crippen LogP contribution in [0.5, 0.6) is 17.4 Å². The lowest BCUT2D eigenvalue weighted by atomic mass is 10.1. The maximum absolute atomic E-state index is 12.3. The van der Waals surface area contributed by atoms with Gasteiger partial charge in [0.15, 0.2) is 0 Å². The Morgan fingerprint density at radius 2 is 1.63 bits per heavy atom. The summed E-state index contributed by atoms with van der Waals surface area (Å²) in [4.78, 5) is 12.3. The molecule has 3 rings (SSSR count). The van der Waals surface area contributed by atoms with Gasteiger partial charge < -0.3 is 19.5 Å². The van der Waals surface area contributed by atoms with E-state index in [1.807, 2.05) is 50.2 Å². The summed E-state index contributed by atoms with van der Waals surface area (Å²) in [6.07, 6.45) is 0. The van der Waals surface area contributed by atoms with Crippen molar-refractivity contribution in [1.29, 1.82) is 0 Å². The second-order valence-corrected chi connectivity index (χ2v) is 6.25. The number of aromatic nitrogens is 2. The summed E-state index contributed by atoms with van der Waals surface area (Å²) in [5.41, 5.74) is 2.18. The predicted octanol–water partition coefficient (Wildman–Crippen LogP) is 3.75. The minimum atomic E-state index is -0.209. The Labute approximate surface area is 176 Å². The number of ether oxygens (including phenoxy) is 3. The van der Waals surface area contributed by atoms with Gasteiger partial charge in [0.05, 0.1) is 31.0 Å². The van der Waals surface area contributed by atoms with Crippen molar-refractivity contribution in [2.45, 2.75) is 13.8 Å². The molecule has 7 nitrogen and oxygen atoms in total. The van der Waals surface area contributed by atoms with Crippen molar-refractivity contribution < 1.29 is 19.0 Å². The van der Waals surface area contributed by atoms with Crippen LogP contribution in [0.2, 0.25) is 0 Å². The van der Waals surface area contributed by atoms with Crippen LogP contribution in [0.15, 0.2) is 60.7 Å². The van der Waals surface area contributed by atoms with E-state index in [1.54, 1.807) is 24.3 Å². The summed E-state index contributed by atoms with van der Waals surface area (Å²) < 4.78 is 16.5. The summed E-state index contributed by atoms with van der Waals surface area (Å²) in [5, 5.41) is 11.1. The predicted molar refractivity (Wildman–Crippen MR) is 114 cm³/mol. The second-order valence-electron chi connectivity index (χ2n) is 6.25. The zero-order chi connectivity index (χ0) is 21.2. The Bertz CT molecular complexity index is 943. The van der Waals surface area contributed by atoms with E-state index in [1.165, 1.54) is 0 Å². The number of nitrogens with zero attached hydrogens (tertiary/aromatic N) is 2. The maximum Gasteiger partial charge on any atom is 0.255 e. The van der Waals surface area contributed by atoms with E-state index in [-0.39, 0.29) is 12.5 Å². The second kappa shape index (κ2) is 10.8. The molecule has 0 unspecified atom stereocenters. The number of hydrogen-bond donors (Lipinski definition) is 1. The molecule has 3 aromatic rings. The van der Waals surface area contributed by atoms with Crippen LogP contribution in [0.1, 0.15) is 24.2 Å². The monoisotopic (exact) mass is 407 g/mol. The van der Waals surface area contributed by atoms with Gasteiger partial charge in [-0.3, -0.25) is 4.79 Å². The summed E-state index contributed by atoms with van der Waals surface area (Å²) >= 11 is 0. The zero-order valence-electron chi connectivity index (χ0n) is 17.1. The smallest absolute Gasteiger partial charge is 0.255 e. The van der Waals surface area contributed by atoms with Gasteiger partial charge in [0.1, 0.15) is 18.1 Å². The van der Waals surface area contributed by atoms with Crippen LogP contribution in [-0.2, 0) is 0 Å². The first-order valence-corrected chi connectivity index (χ1v) is 9.91. The number of amides is 1. The Morgan fingerprint density at radius 1 is 0.867 bits per heavy atom. The van der Waals surface area contributed by atoms with Crippen molar-refractivity contribution in [2.75, 3.05) is 26.4 Å². The fourth-order valence-corrected chi connectivity index (χ4v) is 2.79. The number of nitrogens with one attached hydrogen (secondary N) is 1. The normalized spacial score (nSPS) is 10.3. The third kappa shape index (κ3) is 5.70. The van der Waals surface area contributed by atoms with Crippen LogP contribution in [0.25, 0.3) is 11.3 Å². The van der Waals surface area contributed by atoms with E-state index in [0.717, 1.165) is 17.0 Å². The van der Waals surface area contributed by atoms with Crippen LogP contribution in [-0.4, -0.2) is 42.5 Å². The van der Waals surface area contributed by atoms with Gasteiger partial charge in [-0.15, -0.1) is 10.2 Å². The standard InChI is InChI=1S/C23H25N3O4/c1-3-28-18-11-9-17(10-12-18)20-13-14-22(26-25-20)30-16-15-24-23(27)19-7-5-6-8-21(19)29-4-2/h5-14H,3-4,15-16H2,1-2H3,(H,24,27). The Kier molecular flexibility index (Phi) is 7.60. The Morgan fingerprint density at radius 3 is 2.33 bits per heavy atom. The molecule has 0 atom stereocenters. The molecule has 30 heavy (non-hydrogen) atoms. The van der Waals surface area contributed by atoms with Gasteiger partial charge >= 0.3 is 0 Å². The highest BCUT2D eigenvalue weighted by atomic mass is 16.5. The van der Waals surface area contributed by atoms with Gasteiger partial charge in [0.2, 0.25) is 5.88 Å². The molecule has 0 spiro atoms. The Hall–Kier alpha value is -3.61. The topological polar surface area (TPSA) is 82.6 Å². The molecule has 0 aliphatic heterocycles. The maximum atomic E-state index is 12.3. The summed E-state index contributed by atoms with van der Waals surface area (Å²) in [6, 6.07) is 18.4. The average Bonchev–Trinajstić information content (AvgIpc) is 2.78. The van der Waals surface area contributed by atoms with E-state index < -0.39 is 0 Å². The summed E-state index contributed by atoms with van der Waals surface area (Å²) in [5.74, 6) is 1.57. The molecule has 0 saturated heterocycles. The third-order valence-electron chi connectivity index (χ3n) is 4.17. The van der Waals surface area contributed by atoms with Crippen molar-refractivity contribution in [1.82, 2.24) is 15.5 Å². The quantitative estimate of drug-likeness (QED) is 0.516. The molecule has 1 aromatic heterocycles. The number of carbonyl (C=O) groups excluding carboxylic acids is 1. The van der Waals surface area contributed by atoms with Gasteiger partial charge in [0, 0.05) is 11.6 Å². The highest BCUT2D eigenvalue weighted by Gasteiger charge is 2.11. The molecular weight excluding hydrogens is 382 g/mol. The van der Waals surface area contributed by atoms with Gasteiger partial charge in [-0.1, -0.05) is 12.1 Å². The highest BCUT2D eigenvalue weighted by molar-refractivity contribution is 5.96. The van der Waals surface area contributed by atoms with Crippen molar-refractivity contribution in [2.24, 2.45) is 0 Å². The lowest BCUT2D eigenvalue weighted by molar-refractivity contribution is 0.0942. The van der Waals surface area contributed by atoms with Crippen LogP contribution in [0, 0.1) is 0 Å². The molecule has 1 N–H and O–H groups in total. The first kappa shape index (κ1) is 21.1. The van der Waals surface area contributed by atoms with Gasteiger partial charge in [0.25, 0.3) is 5.91 Å². The molecule has 0 bridgehead atoms. The van der Waals surface area contributed by atoms with Gasteiger partial charge in [-0.2, -0.15) is 0 Å². The van der Waals surface area contributed by atoms with E-state index in [0.29, 0.717) is 37.0 Å². The average molecular weight is 407 g/mol. The van der Waals surface area contributed by atoms with E-state index in [2.05, 4.69) is 15.5 Å². The largest absolute Gasteiger partial charge is 0.494 e. The molecule has 0 saturated carbocycles. The van der Waals surface area contributed by atoms with Crippen LogP contribution < -0.4 is 19.5 Å². The first-order chi connectivity index (χ1) is 14.7. The number of para-hydroxylation sites is 1. The van der Waals surface area contributed by atoms with Gasteiger partial charge in [-0.25, -0.2) is 0 Å². The van der Waals surface area contributed by atoms with E-state index >= 15 is 0 Å². The fraction of sp³-hybridized carbons (Fsp3) is 0.261. The number of carbonyl (C=O) groups is 1. The number of benzene rings is 2. The first-order valence-electron chi connectivity index (χ1n) is 9.91. The zero-order valence-corrected chi connectivity index (χ0v) is 17.1. The Balaban J connectivity index is 1.48. The minimum Gasteiger partial charge on any atom is -0.494 e. The van der Waals surface area contributed by atoms with Crippen LogP contribution in [0.4, 0.5) is 0 Å². The van der Waals surface area contributed by atoms with Crippen molar-refractivity contribution >= 4 is 5.91 Å². The van der Waals surface area contributed by atoms with Crippen molar-refractivity contribution in [3.05, 3.63) is 66.2 Å². The highest BCUT2D eigenvalue weighted by Crippen LogP contribution is 2.21.